The van der Waals surface area contributed by atoms with E-state index in [1.807, 2.05) is 0 Å². The highest BCUT2D eigenvalue weighted by Gasteiger charge is 2.24. The number of thiocarbonyl (C=S) groups is 1. The number of hydrogen-bond acceptors (Lipinski definition) is 5. The molecule has 3 heterocycles. The Morgan fingerprint density at radius 1 is 1.21 bits per heavy atom. The summed E-state index contributed by atoms with van der Waals surface area (Å²) in [6.07, 6.45) is 4.24. The van der Waals surface area contributed by atoms with Gasteiger partial charge in [-0.15, -0.1) is 6.58 Å². The predicted molar refractivity (Wildman–Crippen MR) is 123 cm³/mol. The highest BCUT2D eigenvalue weighted by Crippen LogP contribution is 2.31. The first-order valence-electron chi connectivity index (χ1n) is 10.2. The van der Waals surface area contributed by atoms with Crippen LogP contribution in [0.2, 0.25) is 0 Å². The van der Waals surface area contributed by atoms with Gasteiger partial charge in [-0.1, -0.05) is 37.3 Å². The number of rotatable bonds is 5. The zero-order valence-electron chi connectivity index (χ0n) is 16.9. The van der Waals surface area contributed by atoms with Crippen LogP contribution in [0, 0.1) is 5.92 Å². The first kappa shape index (κ1) is 19.6. The van der Waals surface area contributed by atoms with Crippen LogP contribution in [0.25, 0.3) is 0 Å². The predicted octanol–water partition coefficient (Wildman–Crippen LogP) is 3.71. The number of fused-ring (bicyclic) bond motifs is 1. The van der Waals surface area contributed by atoms with Crippen LogP contribution >= 0.6 is 12.2 Å². The summed E-state index contributed by atoms with van der Waals surface area (Å²) in [5, 5.41) is 6.74. The van der Waals surface area contributed by atoms with E-state index in [2.05, 4.69) is 64.3 Å². The maximum Gasteiger partial charge on any atom is 0.232 e. The van der Waals surface area contributed by atoms with E-state index in [-0.39, 0.29) is 0 Å². The van der Waals surface area contributed by atoms with Gasteiger partial charge in [0.1, 0.15) is 11.6 Å². The smallest absolute Gasteiger partial charge is 0.232 e. The molecule has 0 bridgehead atoms. The van der Waals surface area contributed by atoms with E-state index in [1.54, 1.807) is 6.08 Å². The van der Waals surface area contributed by atoms with Gasteiger partial charge < -0.3 is 20.4 Å². The molecular formula is C22H28N6S. The Kier molecular flexibility index (Phi) is 5.94. The highest BCUT2D eigenvalue weighted by molar-refractivity contribution is 7.80. The largest absolute Gasteiger partial charge is 0.359 e. The Balaban J connectivity index is 1.61. The molecule has 0 unspecified atom stereocenters. The molecule has 6 nitrogen and oxygen atoms in total. The first-order valence-corrected chi connectivity index (χ1v) is 10.6. The van der Waals surface area contributed by atoms with E-state index < -0.39 is 0 Å². The zero-order valence-corrected chi connectivity index (χ0v) is 17.7. The quantitative estimate of drug-likeness (QED) is 0.578. The number of nitrogens with zero attached hydrogens (tertiary/aromatic N) is 4. The lowest BCUT2D eigenvalue weighted by molar-refractivity contribution is 0.444. The van der Waals surface area contributed by atoms with Crippen molar-refractivity contribution in [2.75, 3.05) is 34.8 Å². The summed E-state index contributed by atoms with van der Waals surface area (Å²) in [6, 6.07) is 10.7. The SMILES string of the molecule is C=CCNC(=S)Nc1nc(N2Cc3ccccc3C2)cc(N2CCC[C@H](C)C2)n1. The highest BCUT2D eigenvalue weighted by atomic mass is 32.1. The van der Waals surface area contributed by atoms with Crippen LogP contribution in [0.5, 0.6) is 0 Å². The molecule has 1 aromatic carbocycles. The normalized spacial score (nSPS) is 18.3. The lowest BCUT2D eigenvalue weighted by atomic mass is 10.0. The van der Waals surface area contributed by atoms with Crippen LogP contribution in [0.3, 0.4) is 0 Å². The summed E-state index contributed by atoms with van der Waals surface area (Å²) in [5.74, 6) is 3.10. The molecule has 1 atom stereocenters. The van der Waals surface area contributed by atoms with Crippen LogP contribution in [0.4, 0.5) is 17.6 Å². The number of nitrogens with one attached hydrogen (secondary N) is 2. The lowest BCUT2D eigenvalue weighted by Crippen LogP contribution is -2.35. The molecule has 1 fully saturated rings. The molecule has 152 valence electrons. The monoisotopic (exact) mass is 408 g/mol. The van der Waals surface area contributed by atoms with Crippen LogP contribution in [0.1, 0.15) is 30.9 Å². The van der Waals surface area contributed by atoms with Crippen molar-refractivity contribution in [3.63, 3.8) is 0 Å². The van der Waals surface area contributed by atoms with Crippen molar-refractivity contribution in [2.45, 2.75) is 32.9 Å². The molecule has 0 spiro atoms. The minimum Gasteiger partial charge on any atom is -0.359 e. The number of hydrogen-bond donors (Lipinski definition) is 2. The maximum absolute atomic E-state index is 5.38. The van der Waals surface area contributed by atoms with E-state index in [4.69, 9.17) is 22.2 Å². The minimum absolute atomic E-state index is 0.504. The Morgan fingerprint density at radius 2 is 1.90 bits per heavy atom. The summed E-state index contributed by atoms with van der Waals surface area (Å²) in [5.41, 5.74) is 2.72. The molecule has 1 aromatic heterocycles. The topological polar surface area (TPSA) is 56.3 Å². The van der Waals surface area contributed by atoms with Crippen LogP contribution < -0.4 is 20.4 Å². The molecule has 2 aliphatic rings. The summed E-state index contributed by atoms with van der Waals surface area (Å²) in [7, 11) is 0. The number of benzene rings is 1. The third-order valence-corrected chi connectivity index (χ3v) is 5.72. The van der Waals surface area contributed by atoms with Crippen LogP contribution in [0.15, 0.2) is 43.0 Å². The van der Waals surface area contributed by atoms with E-state index in [0.717, 1.165) is 37.8 Å². The van der Waals surface area contributed by atoms with Gasteiger partial charge in [0.25, 0.3) is 0 Å². The third kappa shape index (κ3) is 4.67. The maximum atomic E-state index is 5.38. The van der Waals surface area contributed by atoms with Gasteiger partial charge in [0.05, 0.1) is 0 Å². The molecule has 0 amide bonds. The van der Waals surface area contributed by atoms with Gasteiger partial charge in [-0.3, -0.25) is 0 Å². The molecule has 0 saturated carbocycles. The van der Waals surface area contributed by atoms with Crippen molar-refractivity contribution in [3.8, 4) is 0 Å². The van der Waals surface area contributed by atoms with Gasteiger partial charge in [0.2, 0.25) is 5.95 Å². The molecular weight excluding hydrogens is 380 g/mol. The van der Waals surface area contributed by atoms with Crippen molar-refractivity contribution in [1.82, 2.24) is 15.3 Å². The van der Waals surface area contributed by atoms with Gasteiger partial charge >= 0.3 is 0 Å². The lowest BCUT2D eigenvalue weighted by Gasteiger charge is -2.32. The average Bonchev–Trinajstić information content (AvgIpc) is 3.16. The van der Waals surface area contributed by atoms with Crippen molar-refractivity contribution < 1.29 is 0 Å². The molecule has 0 radical (unpaired) electrons. The Morgan fingerprint density at radius 3 is 2.55 bits per heavy atom. The summed E-state index contributed by atoms with van der Waals surface area (Å²) < 4.78 is 0. The van der Waals surface area contributed by atoms with Gasteiger partial charge in [-0.25, -0.2) is 0 Å². The standard InChI is InChI=1S/C22H28N6S/c1-3-10-23-22(29)26-21-24-19(27-11-6-7-16(2)13-27)12-20(25-21)28-14-17-8-4-5-9-18(17)15-28/h3-5,8-9,12,16H,1,6-7,10-11,13-15H2,2H3,(H2,23,24,25,26,29)/t16-/m0/s1. The molecule has 0 aliphatic carbocycles. The second kappa shape index (κ2) is 8.78. The second-order valence-corrected chi connectivity index (χ2v) is 8.26. The van der Waals surface area contributed by atoms with Gasteiger partial charge in [-0.05, 0) is 42.1 Å². The fourth-order valence-electron chi connectivity index (χ4n) is 4.01. The van der Waals surface area contributed by atoms with Gasteiger partial charge in [-0.2, -0.15) is 9.97 Å². The fourth-order valence-corrected chi connectivity index (χ4v) is 4.18. The van der Waals surface area contributed by atoms with E-state index in [0.29, 0.717) is 23.5 Å². The molecule has 2 aliphatic heterocycles. The Hall–Kier alpha value is -2.67. The molecule has 2 aromatic rings. The van der Waals surface area contributed by atoms with E-state index in [9.17, 15) is 0 Å². The molecule has 1 saturated heterocycles. The third-order valence-electron chi connectivity index (χ3n) is 5.48. The first-order chi connectivity index (χ1) is 14.1. The summed E-state index contributed by atoms with van der Waals surface area (Å²) >= 11 is 5.38. The molecule has 4 rings (SSSR count). The number of aromatic nitrogens is 2. The zero-order chi connectivity index (χ0) is 20.2. The second-order valence-electron chi connectivity index (χ2n) is 7.85. The molecule has 2 N–H and O–H groups in total. The molecule has 29 heavy (non-hydrogen) atoms. The number of piperidine rings is 1. The van der Waals surface area contributed by atoms with Gasteiger partial charge in [0.15, 0.2) is 5.11 Å². The van der Waals surface area contributed by atoms with Crippen LogP contribution in [-0.4, -0.2) is 34.7 Å². The van der Waals surface area contributed by atoms with Crippen molar-refractivity contribution in [1.29, 1.82) is 0 Å². The van der Waals surface area contributed by atoms with Gasteiger partial charge in [0, 0.05) is 38.8 Å². The van der Waals surface area contributed by atoms with Crippen molar-refractivity contribution in [2.24, 2.45) is 5.92 Å². The van der Waals surface area contributed by atoms with E-state index >= 15 is 0 Å². The Bertz CT molecular complexity index is 874. The summed E-state index contributed by atoms with van der Waals surface area (Å²) in [6.45, 7) is 10.4. The van der Waals surface area contributed by atoms with Crippen molar-refractivity contribution in [3.05, 3.63) is 54.1 Å². The fraction of sp³-hybridized carbons (Fsp3) is 0.409. The minimum atomic E-state index is 0.504. The average molecular weight is 409 g/mol. The molecule has 7 heteroatoms. The Labute approximate surface area is 178 Å². The summed E-state index contributed by atoms with van der Waals surface area (Å²) in [4.78, 5) is 14.2. The van der Waals surface area contributed by atoms with Crippen LogP contribution in [-0.2, 0) is 13.1 Å². The number of anilines is 3. The van der Waals surface area contributed by atoms with Crippen molar-refractivity contribution >= 4 is 34.9 Å². The van der Waals surface area contributed by atoms with E-state index in [1.165, 1.54) is 24.0 Å².